The molecule has 1 unspecified atom stereocenters. The molecule has 2 N–H and O–H groups in total. The molecule has 0 radical (unpaired) electrons. The lowest BCUT2D eigenvalue weighted by molar-refractivity contribution is -0.123. The minimum Gasteiger partial charge on any atom is -0.492 e. The van der Waals surface area contributed by atoms with Crippen LogP contribution in [0.15, 0.2) is 24.3 Å². The number of amides is 1. The molecule has 1 saturated carbocycles. The second kappa shape index (κ2) is 7.29. The molecule has 0 bridgehead atoms. The number of piperidine rings is 1. The van der Waals surface area contributed by atoms with Crippen LogP contribution in [0, 0.1) is 17.2 Å². The number of nitrogens with one attached hydrogen (secondary N) is 2. The zero-order chi connectivity index (χ0) is 14.7. The average molecular weight is 329 g/mol. The van der Waals surface area contributed by atoms with Crippen LogP contribution in [0.2, 0.25) is 0 Å². The van der Waals surface area contributed by atoms with Gasteiger partial charge in [-0.1, -0.05) is 6.07 Å². The molecule has 1 spiro atoms. The Hall–Kier alpha value is -1.33. The molecular weight excluding hydrogens is 307 g/mol. The van der Waals surface area contributed by atoms with Crippen LogP contribution in [-0.4, -0.2) is 32.1 Å². The van der Waals surface area contributed by atoms with Gasteiger partial charge in [0, 0.05) is 12.0 Å². The van der Waals surface area contributed by atoms with E-state index in [4.69, 9.17) is 4.74 Å². The van der Waals surface area contributed by atoms with Crippen molar-refractivity contribution in [3.63, 3.8) is 0 Å². The van der Waals surface area contributed by atoms with Crippen molar-refractivity contribution >= 4 is 18.3 Å². The van der Waals surface area contributed by atoms with Crippen molar-refractivity contribution in [3.05, 3.63) is 30.1 Å². The number of hydrogen-bond acceptors (Lipinski definition) is 3. The van der Waals surface area contributed by atoms with Gasteiger partial charge in [-0.2, -0.15) is 0 Å². The lowest BCUT2D eigenvalue weighted by Gasteiger charge is -2.23. The van der Waals surface area contributed by atoms with Gasteiger partial charge in [0.25, 0.3) is 0 Å². The Morgan fingerprint density at radius 3 is 2.91 bits per heavy atom. The molecule has 1 amide bonds. The summed E-state index contributed by atoms with van der Waals surface area (Å²) >= 11 is 0. The van der Waals surface area contributed by atoms with Gasteiger partial charge in [-0.05, 0) is 49.9 Å². The Bertz CT molecular complexity index is 521. The maximum absolute atomic E-state index is 13.0. The molecule has 6 heteroatoms. The summed E-state index contributed by atoms with van der Waals surface area (Å²) in [6.07, 6.45) is 3.22. The van der Waals surface area contributed by atoms with Gasteiger partial charge in [0.05, 0.1) is 6.54 Å². The van der Waals surface area contributed by atoms with E-state index < -0.39 is 0 Å². The summed E-state index contributed by atoms with van der Waals surface area (Å²) in [5.74, 6) is 0.487. The average Bonchev–Trinajstić information content (AvgIpc) is 3.18. The topological polar surface area (TPSA) is 50.4 Å². The highest BCUT2D eigenvalue weighted by Gasteiger charge is 2.57. The highest BCUT2D eigenvalue weighted by molar-refractivity contribution is 5.85. The fourth-order valence-electron chi connectivity index (χ4n) is 3.22. The molecule has 1 saturated heterocycles. The Morgan fingerprint density at radius 2 is 2.18 bits per heavy atom. The minimum atomic E-state index is -0.317. The van der Waals surface area contributed by atoms with Crippen LogP contribution >= 0.6 is 12.4 Å². The van der Waals surface area contributed by atoms with Crippen molar-refractivity contribution in [2.75, 3.05) is 26.2 Å². The van der Waals surface area contributed by atoms with Gasteiger partial charge in [0.1, 0.15) is 18.2 Å². The maximum Gasteiger partial charge on any atom is 0.223 e. The number of carbonyl (C=O) groups is 1. The standard InChI is InChI=1S/C16H21FN2O2.ClH/c17-12-2-1-3-13(10-12)21-9-8-19-15(20)14-11-16(14)4-6-18-7-5-16;/h1-3,10,14,18H,4-9,11H2,(H,19,20);1H. The summed E-state index contributed by atoms with van der Waals surface area (Å²) in [7, 11) is 0. The van der Waals surface area contributed by atoms with E-state index >= 15 is 0 Å². The van der Waals surface area contributed by atoms with Crippen LogP contribution in [0.5, 0.6) is 5.75 Å². The van der Waals surface area contributed by atoms with Crippen molar-refractivity contribution < 1.29 is 13.9 Å². The van der Waals surface area contributed by atoms with Gasteiger partial charge < -0.3 is 15.4 Å². The first-order chi connectivity index (χ1) is 10.2. The molecule has 1 atom stereocenters. The van der Waals surface area contributed by atoms with E-state index in [0.29, 0.717) is 18.9 Å². The van der Waals surface area contributed by atoms with Crippen LogP contribution in [0.1, 0.15) is 19.3 Å². The molecule has 1 heterocycles. The minimum absolute atomic E-state index is 0. The van der Waals surface area contributed by atoms with Crippen molar-refractivity contribution in [2.45, 2.75) is 19.3 Å². The summed E-state index contributed by atoms with van der Waals surface area (Å²) in [5, 5.41) is 6.26. The molecule has 4 nitrogen and oxygen atoms in total. The summed E-state index contributed by atoms with van der Waals surface area (Å²) in [4.78, 5) is 12.1. The molecule has 1 aromatic carbocycles. The third kappa shape index (κ3) is 3.90. The summed E-state index contributed by atoms with van der Waals surface area (Å²) in [5.41, 5.74) is 0.263. The predicted octanol–water partition coefficient (Wildman–Crippen LogP) is 2.13. The van der Waals surface area contributed by atoms with E-state index in [0.717, 1.165) is 32.4 Å². The van der Waals surface area contributed by atoms with E-state index in [-0.39, 0.29) is 35.5 Å². The highest BCUT2D eigenvalue weighted by Crippen LogP contribution is 2.58. The summed E-state index contributed by atoms with van der Waals surface area (Å²) in [6.45, 7) is 2.86. The zero-order valence-corrected chi connectivity index (χ0v) is 13.3. The first-order valence-electron chi connectivity index (χ1n) is 7.56. The van der Waals surface area contributed by atoms with Gasteiger partial charge in [0.2, 0.25) is 5.91 Å². The number of benzene rings is 1. The molecule has 1 aliphatic carbocycles. The lowest BCUT2D eigenvalue weighted by atomic mass is 9.92. The smallest absolute Gasteiger partial charge is 0.223 e. The number of rotatable bonds is 5. The largest absolute Gasteiger partial charge is 0.492 e. The number of hydrogen-bond donors (Lipinski definition) is 2. The Morgan fingerprint density at radius 1 is 1.41 bits per heavy atom. The first kappa shape index (κ1) is 17.0. The third-order valence-electron chi connectivity index (χ3n) is 4.57. The molecule has 122 valence electrons. The Balaban J connectivity index is 0.00000176. The van der Waals surface area contributed by atoms with Crippen LogP contribution in [-0.2, 0) is 4.79 Å². The van der Waals surface area contributed by atoms with Crippen molar-refractivity contribution in [3.8, 4) is 5.75 Å². The van der Waals surface area contributed by atoms with Crippen LogP contribution in [0.25, 0.3) is 0 Å². The lowest BCUT2D eigenvalue weighted by Crippen LogP contribution is -2.35. The summed E-state index contributed by atoms with van der Waals surface area (Å²) < 4.78 is 18.4. The van der Waals surface area contributed by atoms with Crippen LogP contribution < -0.4 is 15.4 Å². The van der Waals surface area contributed by atoms with Crippen molar-refractivity contribution in [1.29, 1.82) is 0 Å². The fraction of sp³-hybridized carbons (Fsp3) is 0.562. The molecule has 1 aliphatic heterocycles. The molecule has 0 aromatic heterocycles. The van der Waals surface area contributed by atoms with E-state index in [9.17, 15) is 9.18 Å². The van der Waals surface area contributed by atoms with Crippen LogP contribution in [0.4, 0.5) is 4.39 Å². The van der Waals surface area contributed by atoms with Gasteiger partial charge in [-0.3, -0.25) is 4.79 Å². The second-order valence-electron chi connectivity index (χ2n) is 5.97. The molecule has 3 rings (SSSR count). The summed E-state index contributed by atoms with van der Waals surface area (Å²) in [6, 6.07) is 6.02. The quantitative estimate of drug-likeness (QED) is 0.814. The van der Waals surface area contributed by atoms with E-state index in [1.165, 1.54) is 12.1 Å². The normalized spacial score (nSPS) is 21.8. The highest BCUT2D eigenvalue weighted by atomic mass is 35.5. The fourth-order valence-corrected chi connectivity index (χ4v) is 3.22. The van der Waals surface area contributed by atoms with E-state index in [2.05, 4.69) is 10.6 Å². The molecule has 2 aliphatic rings. The van der Waals surface area contributed by atoms with Gasteiger partial charge in [0.15, 0.2) is 0 Å². The predicted molar refractivity (Wildman–Crippen MR) is 84.8 cm³/mol. The van der Waals surface area contributed by atoms with E-state index in [1.807, 2.05) is 0 Å². The van der Waals surface area contributed by atoms with Gasteiger partial charge in [-0.15, -0.1) is 12.4 Å². The Kier molecular flexibility index (Phi) is 5.64. The first-order valence-corrected chi connectivity index (χ1v) is 7.56. The second-order valence-corrected chi connectivity index (χ2v) is 5.97. The van der Waals surface area contributed by atoms with Gasteiger partial charge in [-0.25, -0.2) is 4.39 Å². The number of ether oxygens (including phenoxy) is 1. The van der Waals surface area contributed by atoms with Crippen LogP contribution in [0.3, 0.4) is 0 Å². The monoisotopic (exact) mass is 328 g/mol. The van der Waals surface area contributed by atoms with Crippen molar-refractivity contribution in [1.82, 2.24) is 10.6 Å². The molecular formula is C16H22ClFN2O2. The maximum atomic E-state index is 13.0. The number of carbonyl (C=O) groups excluding carboxylic acids is 1. The number of halogens is 2. The van der Waals surface area contributed by atoms with E-state index in [1.54, 1.807) is 12.1 Å². The molecule has 2 fully saturated rings. The van der Waals surface area contributed by atoms with Crippen molar-refractivity contribution in [2.24, 2.45) is 11.3 Å². The SMILES string of the molecule is Cl.O=C(NCCOc1cccc(F)c1)C1CC12CCNCC2. The molecule has 1 aromatic rings. The molecule has 22 heavy (non-hydrogen) atoms. The Labute approximate surface area is 136 Å². The van der Waals surface area contributed by atoms with Gasteiger partial charge >= 0.3 is 0 Å². The zero-order valence-electron chi connectivity index (χ0n) is 12.4. The third-order valence-corrected chi connectivity index (χ3v) is 4.57.